The highest BCUT2D eigenvalue weighted by Crippen LogP contribution is 2.26. The van der Waals surface area contributed by atoms with Crippen molar-refractivity contribution in [2.24, 2.45) is 0 Å². The van der Waals surface area contributed by atoms with Crippen molar-refractivity contribution in [2.45, 2.75) is 4.90 Å². The molecule has 34 heavy (non-hydrogen) atoms. The summed E-state index contributed by atoms with van der Waals surface area (Å²) < 4.78 is 43.5. The van der Waals surface area contributed by atoms with Gasteiger partial charge < -0.3 is 19.5 Å². The second kappa shape index (κ2) is 11.6. The Labute approximate surface area is 204 Å². The van der Waals surface area contributed by atoms with Crippen molar-refractivity contribution < 1.29 is 27.4 Å². The molecule has 0 bridgehead atoms. The van der Waals surface area contributed by atoms with Crippen LogP contribution >= 0.6 is 11.6 Å². The largest absolute Gasteiger partial charge is 0.497 e. The summed E-state index contributed by atoms with van der Waals surface area (Å²) in [6, 6.07) is 19.2. The molecule has 0 fully saturated rings. The van der Waals surface area contributed by atoms with Crippen molar-refractivity contribution >= 4 is 33.2 Å². The zero-order valence-corrected chi connectivity index (χ0v) is 20.3. The molecule has 0 aliphatic heterocycles. The van der Waals surface area contributed by atoms with E-state index in [1.54, 1.807) is 67.8 Å². The molecule has 180 valence electrons. The SMILES string of the molecule is COc1ccc(OCCNC(=O)CN(c2ccc(Cl)cc2)S(=O)(=O)c2ccc(OC)cc2)cc1. The molecule has 0 unspecified atom stereocenters. The topological polar surface area (TPSA) is 94.2 Å². The lowest BCUT2D eigenvalue weighted by molar-refractivity contribution is -0.119. The van der Waals surface area contributed by atoms with Crippen LogP contribution in [0.15, 0.2) is 77.7 Å². The lowest BCUT2D eigenvalue weighted by atomic mass is 10.3. The number of halogens is 1. The van der Waals surface area contributed by atoms with Gasteiger partial charge in [0.15, 0.2) is 0 Å². The first-order chi connectivity index (χ1) is 16.3. The van der Waals surface area contributed by atoms with Crippen LogP contribution in [0.4, 0.5) is 5.69 Å². The summed E-state index contributed by atoms with van der Waals surface area (Å²) >= 11 is 5.96. The standard InChI is InChI=1S/C24H25ClN2O6S/c1-31-20-7-9-22(10-8-20)33-16-15-26-24(28)17-27(19-5-3-18(25)4-6-19)34(29,30)23-13-11-21(32-2)12-14-23/h3-14H,15-17H2,1-2H3,(H,26,28). The Morgan fingerprint density at radius 3 is 1.94 bits per heavy atom. The maximum absolute atomic E-state index is 13.4. The molecule has 0 aliphatic carbocycles. The number of hydrogen-bond donors (Lipinski definition) is 1. The van der Waals surface area contributed by atoms with E-state index in [-0.39, 0.29) is 18.0 Å². The predicted octanol–water partition coefficient (Wildman–Crippen LogP) is 3.75. The van der Waals surface area contributed by atoms with E-state index < -0.39 is 22.5 Å². The first kappa shape index (κ1) is 25.2. The number of rotatable bonds is 11. The van der Waals surface area contributed by atoms with E-state index in [9.17, 15) is 13.2 Å². The van der Waals surface area contributed by atoms with Crippen LogP contribution in [0, 0.1) is 0 Å². The summed E-state index contributed by atoms with van der Waals surface area (Å²) in [5.41, 5.74) is 0.310. The molecule has 0 spiro atoms. The van der Waals surface area contributed by atoms with E-state index in [4.69, 9.17) is 25.8 Å². The minimum atomic E-state index is -4.04. The van der Waals surface area contributed by atoms with Crippen molar-refractivity contribution in [3.63, 3.8) is 0 Å². The maximum Gasteiger partial charge on any atom is 0.264 e. The average Bonchev–Trinajstić information content (AvgIpc) is 2.86. The van der Waals surface area contributed by atoms with Gasteiger partial charge in [-0.1, -0.05) is 11.6 Å². The molecule has 0 saturated heterocycles. The number of nitrogens with zero attached hydrogens (tertiary/aromatic N) is 1. The number of amides is 1. The minimum Gasteiger partial charge on any atom is -0.497 e. The number of benzene rings is 3. The Kier molecular flexibility index (Phi) is 8.61. The summed E-state index contributed by atoms with van der Waals surface area (Å²) in [4.78, 5) is 12.7. The van der Waals surface area contributed by atoms with Crippen molar-refractivity contribution in [1.82, 2.24) is 5.32 Å². The van der Waals surface area contributed by atoms with Crippen molar-refractivity contribution in [2.75, 3.05) is 38.2 Å². The Hall–Kier alpha value is -3.43. The lowest BCUT2D eigenvalue weighted by Crippen LogP contribution is -2.41. The van der Waals surface area contributed by atoms with Gasteiger partial charge in [-0.15, -0.1) is 0 Å². The van der Waals surface area contributed by atoms with Crippen LogP contribution in [0.1, 0.15) is 0 Å². The number of ether oxygens (including phenoxy) is 3. The molecule has 8 nitrogen and oxygen atoms in total. The average molecular weight is 505 g/mol. The van der Waals surface area contributed by atoms with Gasteiger partial charge in [-0.25, -0.2) is 8.42 Å². The van der Waals surface area contributed by atoms with E-state index in [0.717, 1.165) is 4.31 Å². The molecule has 3 aromatic rings. The zero-order valence-electron chi connectivity index (χ0n) is 18.7. The van der Waals surface area contributed by atoms with Gasteiger partial charge in [0.2, 0.25) is 5.91 Å². The van der Waals surface area contributed by atoms with Crippen LogP contribution in [-0.4, -0.2) is 48.2 Å². The minimum absolute atomic E-state index is 0.0267. The third kappa shape index (κ3) is 6.55. The fourth-order valence-corrected chi connectivity index (χ4v) is 4.56. The van der Waals surface area contributed by atoms with Crippen molar-refractivity contribution in [3.05, 3.63) is 77.8 Å². The smallest absolute Gasteiger partial charge is 0.264 e. The second-order valence-corrected chi connectivity index (χ2v) is 9.34. The van der Waals surface area contributed by atoms with Crippen LogP contribution in [-0.2, 0) is 14.8 Å². The highest BCUT2D eigenvalue weighted by Gasteiger charge is 2.27. The third-order valence-corrected chi connectivity index (χ3v) is 6.84. The molecule has 0 aliphatic rings. The summed E-state index contributed by atoms with van der Waals surface area (Å²) in [7, 11) is -0.967. The van der Waals surface area contributed by atoms with Crippen LogP contribution in [0.3, 0.4) is 0 Å². The first-order valence-corrected chi connectivity index (χ1v) is 12.1. The van der Waals surface area contributed by atoms with Gasteiger partial charge in [0.1, 0.15) is 30.4 Å². The second-order valence-electron chi connectivity index (χ2n) is 7.04. The summed E-state index contributed by atoms with van der Waals surface area (Å²) in [5, 5.41) is 3.14. The monoisotopic (exact) mass is 504 g/mol. The summed E-state index contributed by atoms with van der Waals surface area (Å²) in [5.74, 6) is 1.37. The Morgan fingerprint density at radius 2 is 1.38 bits per heavy atom. The van der Waals surface area contributed by atoms with Gasteiger partial charge in [-0.05, 0) is 72.8 Å². The molecular weight excluding hydrogens is 480 g/mol. The number of sulfonamides is 1. The van der Waals surface area contributed by atoms with E-state index in [1.165, 1.54) is 19.2 Å². The molecule has 0 heterocycles. The molecule has 10 heteroatoms. The fraction of sp³-hybridized carbons (Fsp3) is 0.208. The zero-order chi connectivity index (χ0) is 24.6. The quantitative estimate of drug-likeness (QED) is 0.400. The number of hydrogen-bond acceptors (Lipinski definition) is 6. The summed E-state index contributed by atoms with van der Waals surface area (Å²) in [6.45, 7) is -0.00925. The molecule has 0 radical (unpaired) electrons. The van der Waals surface area contributed by atoms with Crippen molar-refractivity contribution in [3.8, 4) is 17.2 Å². The van der Waals surface area contributed by atoms with Gasteiger partial charge in [0.05, 0.1) is 31.3 Å². The number of anilines is 1. The van der Waals surface area contributed by atoms with Gasteiger partial charge >= 0.3 is 0 Å². The Balaban J connectivity index is 1.68. The molecule has 3 aromatic carbocycles. The third-order valence-electron chi connectivity index (χ3n) is 4.80. The van der Waals surface area contributed by atoms with Gasteiger partial charge in [0.25, 0.3) is 10.0 Å². The maximum atomic E-state index is 13.4. The molecule has 1 amide bonds. The van der Waals surface area contributed by atoms with Crippen LogP contribution < -0.4 is 23.8 Å². The van der Waals surface area contributed by atoms with E-state index in [1.807, 2.05) is 0 Å². The van der Waals surface area contributed by atoms with Crippen molar-refractivity contribution in [1.29, 1.82) is 0 Å². The highest BCUT2D eigenvalue weighted by atomic mass is 35.5. The van der Waals surface area contributed by atoms with Crippen LogP contribution in [0.5, 0.6) is 17.2 Å². The van der Waals surface area contributed by atoms with Gasteiger partial charge in [0, 0.05) is 5.02 Å². The van der Waals surface area contributed by atoms with Gasteiger partial charge in [-0.3, -0.25) is 9.10 Å². The fourth-order valence-electron chi connectivity index (χ4n) is 3.01. The number of carbonyl (C=O) groups is 1. The van der Waals surface area contributed by atoms with E-state index in [2.05, 4.69) is 5.32 Å². The van der Waals surface area contributed by atoms with Gasteiger partial charge in [-0.2, -0.15) is 0 Å². The van der Waals surface area contributed by atoms with Crippen LogP contribution in [0.25, 0.3) is 0 Å². The normalized spacial score (nSPS) is 10.9. The lowest BCUT2D eigenvalue weighted by Gasteiger charge is -2.24. The van der Waals surface area contributed by atoms with E-state index >= 15 is 0 Å². The molecule has 0 atom stereocenters. The molecule has 0 aromatic heterocycles. The molecule has 0 saturated carbocycles. The number of nitrogens with one attached hydrogen (secondary N) is 1. The summed E-state index contributed by atoms with van der Waals surface area (Å²) in [6.07, 6.45) is 0. The van der Waals surface area contributed by atoms with Crippen LogP contribution in [0.2, 0.25) is 5.02 Å². The first-order valence-electron chi connectivity index (χ1n) is 10.3. The number of methoxy groups -OCH3 is 2. The molecule has 1 N–H and O–H groups in total. The number of carbonyl (C=O) groups excluding carboxylic acids is 1. The molecular formula is C24H25ClN2O6S. The Morgan fingerprint density at radius 1 is 0.853 bits per heavy atom. The van der Waals surface area contributed by atoms with E-state index in [0.29, 0.717) is 28.0 Å². The highest BCUT2D eigenvalue weighted by molar-refractivity contribution is 7.92. The Bertz CT molecular complexity index is 1180. The molecule has 3 rings (SSSR count). The predicted molar refractivity (Wildman–Crippen MR) is 130 cm³/mol.